The average Bonchev–Trinajstić information content (AvgIpc) is 2.38. The molecule has 0 atom stereocenters. The van der Waals surface area contributed by atoms with Gasteiger partial charge in [-0.15, -0.1) is 0 Å². The van der Waals surface area contributed by atoms with Crippen molar-refractivity contribution in [3.05, 3.63) is 47.0 Å². The normalized spacial score (nSPS) is 11.1. The first-order valence-electron chi connectivity index (χ1n) is 5.18. The van der Waals surface area contributed by atoms with Crippen LogP contribution in [-0.2, 0) is 9.05 Å². The van der Waals surface area contributed by atoms with E-state index in [4.69, 9.17) is 10.7 Å². The van der Waals surface area contributed by atoms with Crippen molar-refractivity contribution in [2.75, 3.05) is 5.32 Å². The molecular formula is C11H7BrClN3O3S. The highest BCUT2D eigenvalue weighted by molar-refractivity contribution is 9.10. The molecule has 0 unspecified atom stereocenters. The van der Waals surface area contributed by atoms with Gasteiger partial charge in [0, 0.05) is 33.2 Å². The standard InChI is InChI=1S/C11H7BrClN3O3S/c12-9-3-8(1-2-10(9)20(13,18)19)16-11(17)7-4-14-6-15-5-7/h1-6H,(H,16,17). The Kier molecular flexibility index (Phi) is 4.36. The number of carbonyl (C=O) groups is 1. The van der Waals surface area contributed by atoms with Crippen LogP contribution in [0.4, 0.5) is 5.69 Å². The van der Waals surface area contributed by atoms with Crippen molar-refractivity contribution < 1.29 is 13.2 Å². The fourth-order valence-corrected chi connectivity index (χ4v) is 3.62. The molecule has 104 valence electrons. The quantitative estimate of drug-likeness (QED) is 0.831. The minimum atomic E-state index is -3.84. The molecule has 0 radical (unpaired) electrons. The van der Waals surface area contributed by atoms with E-state index in [1.165, 1.54) is 36.9 Å². The molecule has 9 heteroatoms. The number of benzene rings is 1. The Labute approximate surface area is 127 Å². The van der Waals surface area contributed by atoms with Crippen LogP contribution in [-0.4, -0.2) is 24.3 Å². The second-order valence-electron chi connectivity index (χ2n) is 3.66. The minimum absolute atomic E-state index is 0.0692. The molecule has 2 aromatic rings. The van der Waals surface area contributed by atoms with E-state index >= 15 is 0 Å². The maximum Gasteiger partial charge on any atom is 0.262 e. The molecule has 0 aliphatic rings. The van der Waals surface area contributed by atoms with Crippen LogP contribution in [0.25, 0.3) is 0 Å². The number of rotatable bonds is 3. The van der Waals surface area contributed by atoms with Gasteiger partial charge >= 0.3 is 0 Å². The molecule has 1 aromatic carbocycles. The van der Waals surface area contributed by atoms with Gasteiger partial charge in [0.2, 0.25) is 0 Å². The molecule has 0 aliphatic carbocycles. The van der Waals surface area contributed by atoms with Gasteiger partial charge in [-0.3, -0.25) is 4.79 Å². The predicted molar refractivity (Wildman–Crippen MR) is 77.2 cm³/mol. The zero-order chi connectivity index (χ0) is 14.8. The first-order valence-corrected chi connectivity index (χ1v) is 8.29. The molecule has 0 fully saturated rings. The Hall–Kier alpha value is -1.51. The zero-order valence-corrected chi connectivity index (χ0v) is 12.9. The number of hydrogen-bond donors (Lipinski definition) is 1. The van der Waals surface area contributed by atoms with Gasteiger partial charge in [-0.05, 0) is 34.1 Å². The van der Waals surface area contributed by atoms with Crippen LogP contribution in [0.1, 0.15) is 10.4 Å². The van der Waals surface area contributed by atoms with Gasteiger partial charge in [-0.25, -0.2) is 18.4 Å². The Morgan fingerprint density at radius 2 is 1.90 bits per heavy atom. The second-order valence-corrected chi connectivity index (χ2v) is 7.05. The summed E-state index contributed by atoms with van der Waals surface area (Å²) < 4.78 is 22.7. The SMILES string of the molecule is O=C(Nc1ccc(S(=O)(=O)Cl)c(Br)c1)c1cncnc1. The third-order valence-corrected chi connectivity index (χ3v) is 4.57. The maximum atomic E-state index is 11.9. The molecule has 1 N–H and O–H groups in total. The summed E-state index contributed by atoms with van der Waals surface area (Å²) in [5, 5.41) is 2.59. The molecule has 1 heterocycles. The molecule has 0 saturated heterocycles. The zero-order valence-electron chi connectivity index (χ0n) is 9.75. The van der Waals surface area contributed by atoms with E-state index in [-0.39, 0.29) is 14.9 Å². The summed E-state index contributed by atoms with van der Waals surface area (Å²) in [5.41, 5.74) is 0.701. The smallest absolute Gasteiger partial charge is 0.262 e. The summed E-state index contributed by atoms with van der Waals surface area (Å²) in [4.78, 5) is 19.3. The van der Waals surface area contributed by atoms with E-state index in [9.17, 15) is 13.2 Å². The molecular weight excluding hydrogens is 370 g/mol. The molecule has 0 spiro atoms. The van der Waals surface area contributed by atoms with Crippen molar-refractivity contribution in [1.29, 1.82) is 0 Å². The lowest BCUT2D eigenvalue weighted by Crippen LogP contribution is -2.12. The largest absolute Gasteiger partial charge is 0.322 e. The van der Waals surface area contributed by atoms with E-state index in [1.54, 1.807) is 0 Å². The van der Waals surface area contributed by atoms with Crippen LogP contribution in [0.3, 0.4) is 0 Å². The van der Waals surface area contributed by atoms with Crippen LogP contribution < -0.4 is 5.32 Å². The highest BCUT2D eigenvalue weighted by atomic mass is 79.9. The number of halogens is 2. The predicted octanol–water partition coefficient (Wildman–Crippen LogP) is 2.42. The summed E-state index contributed by atoms with van der Waals surface area (Å²) in [7, 11) is 1.42. The number of anilines is 1. The van der Waals surface area contributed by atoms with Crippen molar-refractivity contribution in [2.45, 2.75) is 4.90 Å². The molecule has 6 nitrogen and oxygen atoms in total. The van der Waals surface area contributed by atoms with Crippen LogP contribution in [0.5, 0.6) is 0 Å². The van der Waals surface area contributed by atoms with Gasteiger partial charge in [0.25, 0.3) is 15.0 Å². The molecule has 0 bridgehead atoms. The van der Waals surface area contributed by atoms with Crippen LogP contribution in [0.15, 0.2) is 46.3 Å². The number of aromatic nitrogens is 2. The Bertz CT molecular complexity index is 753. The Morgan fingerprint density at radius 1 is 1.25 bits per heavy atom. The third-order valence-electron chi connectivity index (χ3n) is 2.28. The van der Waals surface area contributed by atoms with Crippen molar-refractivity contribution in [1.82, 2.24) is 9.97 Å². The van der Waals surface area contributed by atoms with Crippen molar-refractivity contribution >= 4 is 47.3 Å². The molecule has 1 aromatic heterocycles. The second kappa shape index (κ2) is 5.86. The molecule has 2 rings (SSSR count). The van der Waals surface area contributed by atoms with E-state index < -0.39 is 15.0 Å². The summed E-state index contributed by atoms with van der Waals surface area (Å²) in [5.74, 6) is -0.404. The van der Waals surface area contributed by atoms with E-state index in [0.29, 0.717) is 5.69 Å². The number of hydrogen-bond acceptors (Lipinski definition) is 5. The fraction of sp³-hybridized carbons (Fsp3) is 0. The lowest BCUT2D eigenvalue weighted by Gasteiger charge is -2.07. The highest BCUT2D eigenvalue weighted by Gasteiger charge is 2.15. The van der Waals surface area contributed by atoms with Gasteiger partial charge < -0.3 is 5.32 Å². The average molecular weight is 377 g/mol. The molecule has 20 heavy (non-hydrogen) atoms. The van der Waals surface area contributed by atoms with Gasteiger partial charge in [0.1, 0.15) is 6.33 Å². The van der Waals surface area contributed by atoms with Gasteiger partial charge in [-0.1, -0.05) is 0 Å². The number of amides is 1. The topological polar surface area (TPSA) is 89.0 Å². The van der Waals surface area contributed by atoms with Gasteiger partial charge in [-0.2, -0.15) is 0 Å². The van der Waals surface area contributed by atoms with Crippen LogP contribution in [0.2, 0.25) is 0 Å². The molecule has 1 amide bonds. The number of nitrogens with one attached hydrogen (secondary N) is 1. The third kappa shape index (κ3) is 3.53. The number of carbonyl (C=O) groups excluding carboxylic acids is 1. The van der Waals surface area contributed by atoms with E-state index in [1.807, 2.05) is 0 Å². The Morgan fingerprint density at radius 3 is 2.45 bits per heavy atom. The highest BCUT2D eigenvalue weighted by Crippen LogP contribution is 2.28. The van der Waals surface area contributed by atoms with Crippen molar-refractivity contribution in [3.63, 3.8) is 0 Å². The molecule has 0 aliphatic heterocycles. The van der Waals surface area contributed by atoms with Gasteiger partial charge in [0.05, 0.1) is 10.5 Å². The van der Waals surface area contributed by atoms with Crippen LogP contribution >= 0.6 is 26.6 Å². The summed E-state index contributed by atoms with van der Waals surface area (Å²) >= 11 is 3.09. The van der Waals surface area contributed by atoms with E-state index in [0.717, 1.165) is 0 Å². The fourth-order valence-electron chi connectivity index (χ4n) is 1.40. The van der Waals surface area contributed by atoms with Crippen molar-refractivity contribution in [2.24, 2.45) is 0 Å². The summed E-state index contributed by atoms with van der Waals surface area (Å²) in [6.45, 7) is 0. The monoisotopic (exact) mass is 375 g/mol. The maximum absolute atomic E-state index is 11.9. The summed E-state index contributed by atoms with van der Waals surface area (Å²) in [6.07, 6.45) is 4.05. The number of nitrogens with zero attached hydrogens (tertiary/aromatic N) is 2. The minimum Gasteiger partial charge on any atom is -0.322 e. The van der Waals surface area contributed by atoms with Crippen LogP contribution in [0, 0.1) is 0 Å². The van der Waals surface area contributed by atoms with E-state index in [2.05, 4.69) is 31.2 Å². The van der Waals surface area contributed by atoms with Crippen molar-refractivity contribution in [3.8, 4) is 0 Å². The Balaban J connectivity index is 2.24. The lowest BCUT2D eigenvalue weighted by molar-refractivity contribution is 0.102. The first-order chi connectivity index (χ1) is 9.38. The first kappa shape index (κ1) is 14.9. The molecule has 0 saturated carbocycles. The van der Waals surface area contributed by atoms with Gasteiger partial charge in [0.15, 0.2) is 0 Å². The lowest BCUT2D eigenvalue weighted by atomic mass is 10.3. The summed E-state index contributed by atoms with van der Waals surface area (Å²) in [6, 6.07) is 4.17.